The second-order valence-electron chi connectivity index (χ2n) is 3.63. The number of anilines is 2. The van der Waals surface area contributed by atoms with Crippen LogP contribution in [0.15, 0.2) is 42.7 Å². The number of carbonyl (C=O) groups is 1. The van der Waals surface area contributed by atoms with Crippen LogP contribution in [0.5, 0.6) is 0 Å². The monoisotopic (exact) mass is 242 g/mol. The molecule has 2 heterocycles. The fourth-order valence-electron chi connectivity index (χ4n) is 1.44. The van der Waals surface area contributed by atoms with E-state index < -0.39 is 0 Å². The molecule has 0 saturated carbocycles. The number of hydrogen-bond donors (Lipinski definition) is 2. The molecule has 2 aromatic rings. The Balaban J connectivity index is 2.05. The van der Waals surface area contributed by atoms with Gasteiger partial charge in [-0.1, -0.05) is 6.07 Å². The standard InChI is InChI=1S/C13H14N4O/c1-2-14-11-7-6-10(9-16-11)13(18)17-12-5-3-4-8-15-12/h3-9H,2H2,1H3,(H,14,16)(H,15,17,18). The maximum Gasteiger partial charge on any atom is 0.258 e. The second kappa shape index (κ2) is 5.77. The SMILES string of the molecule is CCNc1ccc(C(=O)Nc2ccccn2)cn1. The number of pyridine rings is 2. The first-order chi connectivity index (χ1) is 8.79. The first kappa shape index (κ1) is 12.0. The molecule has 0 unspecified atom stereocenters. The van der Waals surface area contributed by atoms with E-state index in [0.717, 1.165) is 12.4 Å². The van der Waals surface area contributed by atoms with E-state index in [1.165, 1.54) is 6.20 Å². The van der Waals surface area contributed by atoms with E-state index in [1.54, 1.807) is 30.5 Å². The zero-order valence-electron chi connectivity index (χ0n) is 10.1. The van der Waals surface area contributed by atoms with Crippen LogP contribution < -0.4 is 10.6 Å². The van der Waals surface area contributed by atoms with Crippen molar-refractivity contribution in [2.24, 2.45) is 0 Å². The predicted octanol–water partition coefficient (Wildman–Crippen LogP) is 2.16. The zero-order valence-corrected chi connectivity index (χ0v) is 10.1. The highest BCUT2D eigenvalue weighted by atomic mass is 16.1. The number of nitrogens with one attached hydrogen (secondary N) is 2. The third kappa shape index (κ3) is 3.04. The van der Waals surface area contributed by atoms with Crippen LogP contribution in [0, 0.1) is 0 Å². The summed E-state index contributed by atoms with van der Waals surface area (Å²) in [5.41, 5.74) is 0.502. The van der Waals surface area contributed by atoms with E-state index in [9.17, 15) is 4.79 Å². The molecule has 0 atom stereocenters. The maximum atomic E-state index is 11.9. The van der Waals surface area contributed by atoms with Crippen molar-refractivity contribution >= 4 is 17.5 Å². The van der Waals surface area contributed by atoms with Crippen molar-refractivity contribution in [2.45, 2.75) is 6.92 Å². The molecule has 0 bridgehead atoms. The predicted molar refractivity (Wildman–Crippen MR) is 70.6 cm³/mol. The number of hydrogen-bond acceptors (Lipinski definition) is 4. The summed E-state index contributed by atoms with van der Waals surface area (Å²) in [6, 6.07) is 8.84. The van der Waals surface area contributed by atoms with Gasteiger partial charge in [0, 0.05) is 18.9 Å². The topological polar surface area (TPSA) is 66.9 Å². The van der Waals surface area contributed by atoms with Crippen molar-refractivity contribution in [3.63, 3.8) is 0 Å². The van der Waals surface area contributed by atoms with Crippen LogP contribution >= 0.6 is 0 Å². The van der Waals surface area contributed by atoms with Gasteiger partial charge in [0.05, 0.1) is 5.56 Å². The number of amides is 1. The molecule has 2 N–H and O–H groups in total. The van der Waals surface area contributed by atoms with Crippen LogP contribution in [0.1, 0.15) is 17.3 Å². The van der Waals surface area contributed by atoms with Gasteiger partial charge in [-0.3, -0.25) is 4.79 Å². The Morgan fingerprint density at radius 2 is 2.06 bits per heavy atom. The summed E-state index contributed by atoms with van der Waals surface area (Å²) in [5.74, 6) is 1.06. The van der Waals surface area contributed by atoms with Gasteiger partial charge in [-0.25, -0.2) is 9.97 Å². The average molecular weight is 242 g/mol. The van der Waals surface area contributed by atoms with Gasteiger partial charge in [-0.15, -0.1) is 0 Å². The van der Waals surface area contributed by atoms with Crippen molar-refractivity contribution in [2.75, 3.05) is 17.2 Å². The number of nitrogens with zero attached hydrogens (tertiary/aromatic N) is 2. The van der Waals surface area contributed by atoms with Gasteiger partial charge in [0.25, 0.3) is 5.91 Å². The maximum absolute atomic E-state index is 11.9. The molecule has 0 aliphatic rings. The van der Waals surface area contributed by atoms with Gasteiger partial charge in [0.1, 0.15) is 11.6 Å². The van der Waals surface area contributed by atoms with Gasteiger partial charge in [-0.05, 0) is 31.2 Å². The van der Waals surface area contributed by atoms with Crippen LogP contribution in [0.2, 0.25) is 0 Å². The van der Waals surface area contributed by atoms with E-state index in [-0.39, 0.29) is 5.91 Å². The summed E-state index contributed by atoms with van der Waals surface area (Å²) in [6.07, 6.45) is 3.17. The molecule has 5 heteroatoms. The Morgan fingerprint density at radius 1 is 1.17 bits per heavy atom. The van der Waals surface area contributed by atoms with Crippen LogP contribution in [0.25, 0.3) is 0 Å². The summed E-state index contributed by atoms with van der Waals surface area (Å²) in [5, 5.41) is 5.77. The lowest BCUT2D eigenvalue weighted by Crippen LogP contribution is -2.13. The van der Waals surface area contributed by atoms with Crippen LogP contribution in [0.4, 0.5) is 11.6 Å². The van der Waals surface area contributed by atoms with Gasteiger partial charge >= 0.3 is 0 Å². The van der Waals surface area contributed by atoms with E-state index in [4.69, 9.17) is 0 Å². The molecular weight excluding hydrogens is 228 g/mol. The molecule has 0 spiro atoms. The van der Waals surface area contributed by atoms with E-state index >= 15 is 0 Å². The molecular formula is C13H14N4O. The summed E-state index contributed by atoms with van der Waals surface area (Å²) in [6.45, 7) is 2.79. The van der Waals surface area contributed by atoms with E-state index in [0.29, 0.717) is 11.4 Å². The third-order valence-electron chi connectivity index (χ3n) is 2.29. The minimum Gasteiger partial charge on any atom is -0.370 e. The van der Waals surface area contributed by atoms with Crippen LogP contribution in [-0.4, -0.2) is 22.4 Å². The molecule has 0 radical (unpaired) electrons. The van der Waals surface area contributed by atoms with Gasteiger partial charge in [0.2, 0.25) is 0 Å². The van der Waals surface area contributed by atoms with Crippen molar-refractivity contribution in [3.8, 4) is 0 Å². The molecule has 5 nitrogen and oxygen atoms in total. The summed E-state index contributed by atoms with van der Waals surface area (Å²) < 4.78 is 0. The highest BCUT2D eigenvalue weighted by molar-refractivity contribution is 6.03. The second-order valence-corrected chi connectivity index (χ2v) is 3.63. The molecule has 0 aromatic carbocycles. The van der Waals surface area contributed by atoms with E-state index in [1.807, 2.05) is 13.0 Å². The van der Waals surface area contributed by atoms with Crippen molar-refractivity contribution in [1.29, 1.82) is 0 Å². The molecule has 92 valence electrons. The Kier molecular flexibility index (Phi) is 3.86. The minimum atomic E-state index is -0.218. The summed E-state index contributed by atoms with van der Waals surface area (Å²) in [4.78, 5) is 20.0. The molecule has 0 fully saturated rings. The van der Waals surface area contributed by atoms with Crippen LogP contribution in [-0.2, 0) is 0 Å². The van der Waals surface area contributed by atoms with Crippen molar-refractivity contribution < 1.29 is 4.79 Å². The largest absolute Gasteiger partial charge is 0.370 e. The van der Waals surface area contributed by atoms with Gasteiger partial charge in [-0.2, -0.15) is 0 Å². The Morgan fingerprint density at radius 3 is 2.67 bits per heavy atom. The minimum absolute atomic E-state index is 0.218. The van der Waals surface area contributed by atoms with Crippen molar-refractivity contribution in [3.05, 3.63) is 48.3 Å². The molecule has 2 aromatic heterocycles. The number of rotatable bonds is 4. The highest BCUT2D eigenvalue weighted by Crippen LogP contribution is 2.07. The smallest absolute Gasteiger partial charge is 0.258 e. The van der Waals surface area contributed by atoms with Gasteiger partial charge in [0.15, 0.2) is 0 Å². The van der Waals surface area contributed by atoms with Crippen LogP contribution in [0.3, 0.4) is 0 Å². The first-order valence-corrected chi connectivity index (χ1v) is 5.72. The van der Waals surface area contributed by atoms with Gasteiger partial charge < -0.3 is 10.6 Å². The quantitative estimate of drug-likeness (QED) is 0.862. The lowest BCUT2D eigenvalue weighted by molar-refractivity contribution is 0.102. The summed E-state index contributed by atoms with van der Waals surface area (Å²) in [7, 11) is 0. The Hall–Kier alpha value is -2.43. The molecule has 0 aliphatic heterocycles. The highest BCUT2D eigenvalue weighted by Gasteiger charge is 2.06. The molecule has 18 heavy (non-hydrogen) atoms. The lowest BCUT2D eigenvalue weighted by Gasteiger charge is -2.05. The average Bonchev–Trinajstić information content (AvgIpc) is 2.41. The lowest BCUT2D eigenvalue weighted by atomic mass is 10.2. The molecule has 0 aliphatic carbocycles. The first-order valence-electron chi connectivity index (χ1n) is 5.72. The summed E-state index contributed by atoms with van der Waals surface area (Å²) >= 11 is 0. The molecule has 2 rings (SSSR count). The Bertz CT molecular complexity index is 510. The Labute approximate surface area is 105 Å². The molecule has 0 saturated heterocycles. The zero-order chi connectivity index (χ0) is 12.8. The van der Waals surface area contributed by atoms with Crippen molar-refractivity contribution in [1.82, 2.24) is 9.97 Å². The normalized spacial score (nSPS) is 9.83. The number of carbonyl (C=O) groups excluding carboxylic acids is 1. The number of aromatic nitrogens is 2. The third-order valence-corrected chi connectivity index (χ3v) is 2.29. The fraction of sp³-hybridized carbons (Fsp3) is 0.154. The molecule has 1 amide bonds. The fourth-order valence-corrected chi connectivity index (χ4v) is 1.44. The van der Waals surface area contributed by atoms with E-state index in [2.05, 4.69) is 20.6 Å².